The number of aromatic nitrogens is 2. The number of fused-ring (bicyclic) bond motifs is 1. The lowest BCUT2D eigenvalue weighted by atomic mass is 10.0. The van der Waals surface area contributed by atoms with E-state index in [0.29, 0.717) is 5.88 Å². The minimum absolute atomic E-state index is 0.653. The molecule has 1 heterocycles. The summed E-state index contributed by atoms with van der Waals surface area (Å²) in [7, 11) is 0. The molecule has 0 aliphatic carbocycles. The van der Waals surface area contributed by atoms with Gasteiger partial charge in [0.15, 0.2) is 0 Å². The molecule has 0 bridgehead atoms. The quantitative estimate of drug-likeness (QED) is 0.665. The molecule has 1 aromatic heterocycles. The van der Waals surface area contributed by atoms with Gasteiger partial charge in [-0.25, -0.2) is 4.98 Å². The summed E-state index contributed by atoms with van der Waals surface area (Å²) in [5.41, 5.74) is 3.00. The van der Waals surface area contributed by atoms with Crippen LogP contribution < -0.4 is 0 Å². The van der Waals surface area contributed by atoms with Crippen LogP contribution in [0, 0.1) is 11.3 Å². The number of alkyl halides is 1. The van der Waals surface area contributed by atoms with Gasteiger partial charge in [-0.1, -0.05) is 24.3 Å². The zero-order valence-electron chi connectivity index (χ0n) is 12.2. The van der Waals surface area contributed by atoms with Crippen LogP contribution >= 0.6 is 11.6 Å². The van der Waals surface area contributed by atoms with Gasteiger partial charge in [0.2, 0.25) is 0 Å². The smallest absolute Gasteiger partial charge is 0.0998 e. The van der Waals surface area contributed by atoms with Crippen LogP contribution in [0.4, 0.5) is 0 Å². The van der Waals surface area contributed by atoms with E-state index in [0.717, 1.165) is 41.3 Å². The standard InChI is InChI=1S/C18H16ClN3/c19-7-3-5-17-11-21-13-22(17)12-14-8-15-4-1-2-6-18(15)16(9-14)10-20/h1-2,4,6,8-9,11,13H,3,5,7,12H2. The van der Waals surface area contributed by atoms with Gasteiger partial charge < -0.3 is 4.57 Å². The van der Waals surface area contributed by atoms with Crippen molar-refractivity contribution in [1.29, 1.82) is 5.26 Å². The van der Waals surface area contributed by atoms with Crippen molar-refractivity contribution in [2.45, 2.75) is 19.4 Å². The molecule has 0 saturated carbocycles. The van der Waals surface area contributed by atoms with Crippen LogP contribution in [-0.4, -0.2) is 15.4 Å². The molecule has 3 nitrogen and oxygen atoms in total. The van der Waals surface area contributed by atoms with Gasteiger partial charge in [0.1, 0.15) is 0 Å². The van der Waals surface area contributed by atoms with Crippen LogP contribution in [0.2, 0.25) is 0 Å². The summed E-state index contributed by atoms with van der Waals surface area (Å²) in [6.07, 6.45) is 5.58. The van der Waals surface area contributed by atoms with E-state index >= 15 is 0 Å². The monoisotopic (exact) mass is 309 g/mol. The first kappa shape index (κ1) is 14.6. The Bertz CT molecular complexity index is 830. The van der Waals surface area contributed by atoms with Crippen molar-refractivity contribution in [3.05, 3.63) is 65.7 Å². The zero-order chi connectivity index (χ0) is 15.4. The molecule has 2 aromatic carbocycles. The Morgan fingerprint density at radius 3 is 2.91 bits per heavy atom. The van der Waals surface area contributed by atoms with Crippen LogP contribution in [0.15, 0.2) is 48.9 Å². The van der Waals surface area contributed by atoms with Crippen molar-refractivity contribution in [2.24, 2.45) is 0 Å². The normalized spacial score (nSPS) is 10.7. The topological polar surface area (TPSA) is 41.6 Å². The SMILES string of the molecule is N#Cc1cc(Cn2cncc2CCCCl)cc2ccccc12. The molecular formula is C18H16ClN3. The molecule has 0 fully saturated rings. The van der Waals surface area contributed by atoms with Crippen molar-refractivity contribution in [3.63, 3.8) is 0 Å². The first-order valence-corrected chi connectivity index (χ1v) is 7.82. The van der Waals surface area contributed by atoms with Gasteiger partial charge in [-0.2, -0.15) is 5.26 Å². The third-order valence-electron chi connectivity index (χ3n) is 3.76. The lowest BCUT2D eigenvalue weighted by molar-refractivity contribution is 0.725. The Morgan fingerprint density at radius 2 is 2.09 bits per heavy atom. The number of benzene rings is 2. The second-order valence-corrected chi connectivity index (χ2v) is 5.66. The molecular weight excluding hydrogens is 294 g/mol. The Morgan fingerprint density at radius 1 is 1.23 bits per heavy atom. The summed E-state index contributed by atoms with van der Waals surface area (Å²) in [5.74, 6) is 0.653. The molecule has 0 saturated heterocycles. The first-order valence-electron chi connectivity index (χ1n) is 7.28. The van der Waals surface area contributed by atoms with E-state index in [1.165, 1.54) is 5.69 Å². The predicted octanol–water partition coefficient (Wildman–Crippen LogP) is 4.13. The molecule has 0 aliphatic rings. The Balaban J connectivity index is 1.95. The minimum atomic E-state index is 0.653. The highest BCUT2D eigenvalue weighted by Crippen LogP contribution is 2.21. The molecule has 0 amide bonds. The number of rotatable bonds is 5. The van der Waals surface area contributed by atoms with Crippen LogP contribution in [-0.2, 0) is 13.0 Å². The number of imidazole rings is 1. The minimum Gasteiger partial charge on any atom is -0.330 e. The number of hydrogen-bond acceptors (Lipinski definition) is 2. The summed E-state index contributed by atoms with van der Waals surface area (Å²) >= 11 is 5.77. The van der Waals surface area contributed by atoms with Gasteiger partial charge in [0.25, 0.3) is 0 Å². The zero-order valence-corrected chi connectivity index (χ0v) is 12.9. The fourth-order valence-corrected chi connectivity index (χ4v) is 2.83. The molecule has 0 aliphatic heterocycles. The highest BCUT2D eigenvalue weighted by atomic mass is 35.5. The van der Waals surface area contributed by atoms with Crippen LogP contribution in [0.3, 0.4) is 0 Å². The summed E-state index contributed by atoms with van der Waals surface area (Å²) in [5, 5.41) is 11.5. The lowest BCUT2D eigenvalue weighted by Crippen LogP contribution is -2.04. The van der Waals surface area contributed by atoms with Crippen molar-refractivity contribution in [1.82, 2.24) is 9.55 Å². The maximum Gasteiger partial charge on any atom is 0.0998 e. The average Bonchev–Trinajstić information content (AvgIpc) is 2.99. The van der Waals surface area contributed by atoms with E-state index in [9.17, 15) is 5.26 Å². The number of nitriles is 1. The number of aryl methyl sites for hydroxylation is 1. The molecule has 0 unspecified atom stereocenters. The summed E-state index contributed by atoms with van der Waals surface area (Å²) < 4.78 is 2.12. The molecule has 3 aromatic rings. The number of halogens is 1. The number of nitrogens with zero attached hydrogens (tertiary/aromatic N) is 3. The van der Waals surface area contributed by atoms with Crippen LogP contribution in [0.25, 0.3) is 10.8 Å². The predicted molar refractivity (Wildman–Crippen MR) is 89.0 cm³/mol. The van der Waals surface area contributed by atoms with E-state index in [-0.39, 0.29) is 0 Å². The highest BCUT2D eigenvalue weighted by Gasteiger charge is 2.07. The second-order valence-electron chi connectivity index (χ2n) is 5.28. The van der Waals surface area contributed by atoms with Gasteiger partial charge >= 0.3 is 0 Å². The van der Waals surface area contributed by atoms with Crippen LogP contribution in [0.1, 0.15) is 23.2 Å². The van der Waals surface area contributed by atoms with E-state index in [4.69, 9.17) is 11.6 Å². The molecule has 110 valence electrons. The van der Waals surface area contributed by atoms with Gasteiger partial charge in [-0.05, 0) is 41.3 Å². The van der Waals surface area contributed by atoms with E-state index in [1.807, 2.05) is 42.9 Å². The molecule has 0 radical (unpaired) electrons. The van der Waals surface area contributed by atoms with Gasteiger partial charge in [0, 0.05) is 24.3 Å². The van der Waals surface area contributed by atoms with E-state index in [1.54, 1.807) is 0 Å². The van der Waals surface area contributed by atoms with Gasteiger partial charge in [0.05, 0.1) is 18.0 Å². The van der Waals surface area contributed by atoms with E-state index < -0.39 is 0 Å². The highest BCUT2D eigenvalue weighted by molar-refractivity contribution is 6.17. The van der Waals surface area contributed by atoms with Gasteiger partial charge in [-0.3, -0.25) is 0 Å². The Kier molecular flexibility index (Phi) is 4.41. The number of hydrogen-bond donors (Lipinski definition) is 0. The lowest BCUT2D eigenvalue weighted by Gasteiger charge is -2.10. The average molecular weight is 310 g/mol. The Labute approximate surface area is 134 Å². The van der Waals surface area contributed by atoms with Crippen molar-refractivity contribution in [2.75, 3.05) is 5.88 Å². The molecule has 4 heteroatoms. The fraction of sp³-hybridized carbons (Fsp3) is 0.222. The summed E-state index contributed by atoms with van der Waals surface area (Å²) in [6.45, 7) is 0.719. The third kappa shape index (κ3) is 2.98. The van der Waals surface area contributed by atoms with E-state index in [2.05, 4.69) is 21.7 Å². The molecule has 0 N–H and O–H groups in total. The molecule has 22 heavy (non-hydrogen) atoms. The second kappa shape index (κ2) is 6.64. The maximum absolute atomic E-state index is 9.37. The van der Waals surface area contributed by atoms with Gasteiger partial charge in [-0.15, -0.1) is 11.6 Å². The Hall–Kier alpha value is -2.31. The first-order chi connectivity index (χ1) is 10.8. The van der Waals surface area contributed by atoms with Crippen molar-refractivity contribution < 1.29 is 0 Å². The van der Waals surface area contributed by atoms with Crippen molar-refractivity contribution in [3.8, 4) is 6.07 Å². The third-order valence-corrected chi connectivity index (χ3v) is 4.03. The van der Waals surface area contributed by atoms with Crippen LogP contribution in [0.5, 0.6) is 0 Å². The molecule has 0 atom stereocenters. The summed E-state index contributed by atoms with van der Waals surface area (Å²) in [4.78, 5) is 4.23. The van der Waals surface area contributed by atoms with Crippen molar-refractivity contribution >= 4 is 22.4 Å². The maximum atomic E-state index is 9.37. The molecule has 3 rings (SSSR count). The molecule has 0 spiro atoms. The largest absolute Gasteiger partial charge is 0.330 e. The summed E-state index contributed by atoms with van der Waals surface area (Å²) in [6, 6.07) is 14.4. The fourth-order valence-electron chi connectivity index (χ4n) is 2.70.